The molecule has 0 aliphatic heterocycles. The van der Waals surface area contributed by atoms with Crippen LogP contribution in [0.5, 0.6) is 11.6 Å². The summed E-state index contributed by atoms with van der Waals surface area (Å²) in [6.07, 6.45) is 0. The lowest BCUT2D eigenvalue weighted by molar-refractivity contribution is 0.458. The van der Waals surface area contributed by atoms with E-state index >= 15 is 0 Å². The fourth-order valence-electron chi connectivity index (χ4n) is 1.25. The SMILES string of the molecule is Cc1nc(Oc2ccc(Cl)cc2Br)ccc1Br. The summed E-state index contributed by atoms with van der Waals surface area (Å²) in [5.41, 5.74) is 0.882. The van der Waals surface area contributed by atoms with E-state index in [0.717, 1.165) is 14.6 Å². The standard InChI is InChI=1S/C12H8Br2ClNO/c1-7-9(13)3-5-12(16-7)17-11-4-2-8(15)6-10(11)14/h2-6H,1H3. The zero-order valence-electron chi connectivity index (χ0n) is 8.88. The van der Waals surface area contributed by atoms with Gasteiger partial charge in [0.2, 0.25) is 5.88 Å². The van der Waals surface area contributed by atoms with Crippen LogP contribution >= 0.6 is 43.5 Å². The van der Waals surface area contributed by atoms with Crippen molar-refractivity contribution in [1.82, 2.24) is 4.98 Å². The van der Waals surface area contributed by atoms with Crippen molar-refractivity contribution in [3.63, 3.8) is 0 Å². The van der Waals surface area contributed by atoms with Crippen LogP contribution in [0.2, 0.25) is 5.02 Å². The van der Waals surface area contributed by atoms with E-state index in [9.17, 15) is 0 Å². The fraction of sp³-hybridized carbons (Fsp3) is 0.0833. The molecule has 0 unspecified atom stereocenters. The van der Waals surface area contributed by atoms with Gasteiger partial charge in [0.1, 0.15) is 5.75 Å². The topological polar surface area (TPSA) is 22.1 Å². The van der Waals surface area contributed by atoms with Crippen LogP contribution in [0.1, 0.15) is 5.69 Å². The maximum atomic E-state index is 5.86. The quantitative estimate of drug-likeness (QED) is 0.703. The summed E-state index contributed by atoms with van der Waals surface area (Å²) in [5, 5.41) is 0.657. The van der Waals surface area contributed by atoms with Crippen molar-refractivity contribution in [2.45, 2.75) is 6.92 Å². The Hall–Kier alpha value is -0.580. The first-order chi connectivity index (χ1) is 8.06. The van der Waals surface area contributed by atoms with Gasteiger partial charge in [-0.25, -0.2) is 4.98 Å². The van der Waals surface area contributed by atoms with Crippen LogP contribution in [-0.4, -0.2) is 4.98 Å². The van der Waals surface area contributed by atoms with Gasteiger partial charge < -0.3 is 4.74 Å². The molecule has 0 saturated carbocycles. The van der Waals surface area contributed by atoms with Crippen LogP contribution in [0, 0.1) is 6.92 Å². The molecule has 2 nitrogen and oxygen atoms in total. The maximum absolute atomic E-state index is 5.86. The molecule has 0 atom stereocenters. The minimum absolute atomic E-state index is 0.550. The van der Waals surface area contributed by atoms with Crippen LogP contribution in [0.3, 0.4) is 0 Å². The average Bonchev–Trinajstić information content (AvgIpc) is 2.27. The Morgan fingerprint density at radius 3 is 2.53 bits per heavy atom. The molecule has 0 aliphatic rings. The molecular formula is C12H8Br2ClNO. The number of ether oxygens (including phenoxy) is 1. The summed E-state index contributed by atoms with van der Waals surface area (Å²) in [6.45, 7) is 1.91. The molecule has 17 heavy (non-hydrogen) atoms. The summed E-state index contributed by atoms with van der Waals surface area (Å²) >= 11 is 12.6. The molecule has 0 bridgehead atoms. The van der Waals surface area contributed by atoms with Gasteiger partial charge in [-0.2, -0.15) is 0 Å². The molecule has 88 valence electrons. The third-order valence-corrected chi connectivity index (χ3v) is 3.80. The first-order valence-corrected chi connectivity index (χ1v) is 6.79. The van der Waals surface area contributed by atoms with Crippen molar-refractivity contribution in [1.29, 1.82) is 0 Å². The van der Waals surface area contributed by atoms with Gasteiger partial charge in [-0.05, 0) is 63.0 Å². The summed E-state index contributed by atoms with van der Waals surface area (Å²) in [4.78, 5) is 4.31. The summed E-state index contributed by atoms with van der Waals surface area (Å²) in [6, 6.07) is 9.06. The van der Waals surface area contributed by atoms with Gasteiger partial charge in [-0.1, -0.05) is 11.6 Å². The van der Waals surface area contributed by atoms with E-state index in [1.165, 1.54) is 0 Å². The fourth-order valence-corrected chi connectivity index (χ4v) is 2.23. The van der Waals surface area contributed by atoms with Gasteiger partial charge >= 0.3 is 0 Å². The molecule has 0 aliphatic carbocycles. The molecule has 2 rings (SSSR count). The molecule has 0 spiro atoms. The number of nitrogens with zero attached hydrogens (tertiary/aromatic N) is 1. The molecule has 1 heterocycles. The normalized spacial score (nSPS) is 10.4. The average molecular weight is 377 g/mol. The Bertz CT molecular complexity index is 560. The highest BCUT2D eigenvalue weighted by molar-refractivity contribution is 9.10. The molecule has 0 N–H and O–H groups in total. The minimum Gasteiger partial charge on any atom is -0.438 e. The highest BCUT2D eigenvalue weighted by atomic mass is 79.9. The lowest BCUT2D eigenvalue weighted by Gasteiger charge is -2.08. The van der Waals surface area contributed by atoms with E-state index in [1.807, 2.05) is 13.0 Å². The number of halogens is 3. The van der Waals surface area contributed by atoms with Crippen molar-refractivity contribution in [3.8, 4) is 11.6 Å². The molecule has 0 amide bonds. The molecule has 5 heteroatoms. The summed E-state index contributed by atoms with van der Waals surface area (Å²) in [7, 11) is 0. The maximum Gasteiger partial charge on any atom is 0.219 e. The second kappa shape index (κ2) is 5.38. The van der Waals surface area contributed by atoms with E-state index in [0.29, 0.717) is 16.7 Å². The van der Waals surface area contributed by atoms with Gasteiger partial charge in [-0.3, -0.25) is 0 Å². The Morgan fingerprint density at radius 1 is 1.12 bits per heavy atom. The minimum atomic E-state index is 0.550. The Labute approximate surface area is 121 Å². The predicted molar refractivity (Wildman–Crippen MR) is 75.9 cm³/mol. The molecule has 0 saturated heterocycles. The van der Waals surface area contributed by atoms with E-state index in [1.54, 1.807) is 24.3 Å². The molecule has 1 aromatic carbocycles. The smallest absolute Gasteiger partial charge is 0.219 e. The first-order valence-electron chi connectivity index (χ1n) is 4.82. The van der Waals surface area contributed by atoms with Crippen molar-refractivity contribution < 1.29 is 4.74 Å². The molecule has 1 aromatic heterocycles. The number of aromatic nitrogens is 1. The zero-order valence-corrected chi connectivity index (χ0v) is 12.8. The zero-order chi connectivity index (χ0) is 12.4. The number of pyridine rings is 1. The number of aryl methyl sites for hydroxylation is 1. The van der Waals surface area contributed by atoms with E-state index in [-0.39, 0.29) is 0 Å². The number of hydrogen-bond donors (Lipinski definition) is 0. The number of hydrogen-bond acceptors (Lipinski definition) is 2. The lowest BCUT2D eigenvalue weighted by atomic mass is 10.3. The molecule has 2 aromatic rings. The highest BCUT2D eigenvalue weighted by Gasteiger charge is 2.05. The van der Waals surface area contributed by atoms with Crippen LogP contribution < -0.4 is 4.74 Å². The van der Waals surface area contributed by atoms with Crippen LogP contribution in [0.15, 0.2) is 39.3 Å². The number of rotatable bonds is 2. The third kappa shape index (κ3) is 3.21. The number of benzene rings is 1. The third-order valence-electron chi connectivity index (χ3n) is 2.10. The van der Waals surface area contributed by atoms with Gasteiger partial charge in [0.05, 0.1) is 10.2 Å². The summed E-state index contributed by atoms with van der Waals surface area (Å²) in [5.74, 6) is 1.23. The Morgan fingerprint density at radius 2 is 1.88 bits per heavy atom. The molecule has 0 radical (unpaired) electrons. The second-order valence-corrected chi connectivity index (χ2v) is 5.54. The lowest BCUT2D eigenvalue weighted by Crippen LogP contribution is -1.91. The molecular weight excluding hydrogens is 369 g/mol. The predicted octanol–water partition coefficient (Wildman–Crippen LogP) is 5.36. The van der Waals surface area contributed by atoms with Crippen LogP contribution in [0.25, 0.3) is 0 Å². The van der Waals surface area contributed by atoms with E-state index in [2.05, 4.69) is 36.8 Å². The van der Waals surface area contributed by atoms with Crippen molar-refractivity contribution in [2.24, 2.45) is 0 Å². The van der Waals surface area contributed by atoms with Gasteiger partial charge in [-0.15, -0.1) is 0 Å². The van der Waals surface area contributed by atoms with Gasteiger partial charge in [0.15, 0.2) is 0 Å². The highest BCUT2D eigenvalue weighted by Crippen LogP contribution is 2.31. The van der Waals surface area contributed by atoms with Crippen molar-refractivity contribution >= 4 is 43.5 Å². The van der Waals surface area contributed by atoms with Gasteiger partial charge in [0.25, 0.3) is 0 Å². The van der Waals surface area contributed by atoms with Crippen molar-refractivity contribution in [2.75, 3.05) is 0 Å². The Balaban J connectivity index is 2.28. The van der Waals surface area contributed by atoms with Crippen LogP contribution in [0.4, 0.5) is 0 Å². The largest absolute Gasteiger partial charge is 0.438 e. The van der Waals surface area contributed by atoms with E-state index < -0.39 is 0 Å². The Kier molecular flexibility index (Phi) is 4.07. The summed E-state index contributed by atoms with van der Waals surface area (Å²) < 4.78 is 7.42. The van der Waals surface area contributed by atoms with Gasteiger partial charge in [0, 0.05) is 15.6 Å². The molecule has 0 fully saturated rings. The second-order valence-electron chi connectivity index (χ2n) is 3.39. The first kappa shape index (κ1) is 12.9. The monoisotopic (exact) mass is 375 g/mol. The van der Waals surface area contributed by atoms with E-state index in [4.69, 9.17) is 16.3 Å². The van der Waals surface area contributed by atoms with Crippen LogP contribution in [-0.2, 0) is 0 Å². The van der Waals surface area contributed by atoms with Crippen molar-refractivity contribution in [3.05, 3.63) is 50.0 Å².